The molecule has 1 aromatic rings. The highest BCUT2D eigenvalue weighted by atomic mass is 15.2. The summed E-state index contributed by atoms with van der Waals surface area (Å²) < 4.78 is 0. The van der Waals surface area contributed by atoms with Crippen LogP contribution in [0.3, 0.4) is 0 Å². The zero-order chi connectivity index (χ0) is 15.1. The molecule has 0 radical (unpaired) electrons. The van der Waals surface area contributed by atoms with E-state index in [1.54, 1.807) is 6.19 Å². The summed E-state index contributed by atoms with van der Waals surface area (Å²) in [5, 5.41) is 26.2. The Hall–Kier alpha value is -2.61. The van der Waals surface area contributed by atoms with E-state index >= 15 is 0 Å². The normalized spacial score (nSPS) is 11.6. The average molecular weight is 274 g/mol. The highest BCUT2D eigenvalue weighted by molar-refractivity contribution is 5.36. The molecule has 1 unspecified atom stereocenters. The Bertz CT molecular complexity index is 497. The molecule has 0 saturated heterocycles. The highest BCUT2D eigenvalue weighted by Gasteiger charge is 2.17. The lowest BCUT2D eigenvalue weighted by Gasteiger charge is -2.14. The Kier molecular flexibility index (Phi) is 5.48. The molecule has 1 rings (SSSR count). The van der Waals surface area contributed by atoms with E-state index in [2.05, 4.69) is 30.9 Å². The molecule has 1 aromatic heterocycles. The second-order valence-electron chi connectivity index (χ2n) is 4.76. The van der Waals surface area contributed by atoms with E-state index < -0.39 is 6.04 Å². The minimum absolute atomic E-state index is 0.140. The van der Waals surface area contributed by atoms with Gasteiger partial charge in [0.25, 0.3) is 0 Å². The first-order chi connectivity index (χ1) is 9.46. The summed E-state index contributed by atoms with van der Waals surface area (Å²) in [5.74, 6) is 0.941. The SMILES string of the molecule is CC(C)Nc1nc(NC(C)C)nc(C(C#N)NC#N)n1. The Balaban J connectivity index is 3.15. The van der Waals surface area contributed by atoms with E-state index in [9.17, 15) is 0 Å². The number of hydrogen-bond donors (Lipinski definition) is 3. The van der Waals surface area contributed by atoms with Crippen LogP contribution in [-0.4, -0.2) is 27.0 Å². The molecule has 0 aliphatic rings. The van der Waals surface area contributed by atoms with Gasteiger partial charge >= 0.3 is 0 Å². The molecule has 8 nitrogen and oxygen atoms in total. The first-order valence-corrected chi connectivity index (χ1v) is 6.29. The minimum Gasteiger partial charge on any atom is -0.352 e. The number of aromatic nitrogens is 3. The van der Waals surface area contributed by atoms with Crippen molar-refractivity contribution in [1.29, 1.82) is 10.5 Å². The molecule has 0 spiro atoms. The van der Waals surface area contributed by atoms with Crippen molar-refractivity contribution in [2.75, 3.05) is 10.6 Å². The van der Waals surface area contributed by atoms with E-state index in [1.807, 2.05) is 33.8 Å². The van der Waals surface area contributed by atoms with Crippen LogP contribution in [-0.2, 0) is 0 Å². The van der Waals surface area contributed by atoms with Crippen molar-refractivity contribution >= 4 is 11.9 Å². The smallest absolute Gasteiger partial charge is 0.228 e. The summed E-state index contributed by atoms with van der Waals surface area (Å²) in [6.07, 6.45) is 1.72. The molecule has 0 aliphatic carbocycles. The van der Waals surface area contributed by atoms with Crippen LogP contribution in [0.1, 0.15) is 39.6 Å². The van der Waals surface area contributed by atoms with Crippen molar-refractivity contribution < 1.29 is 0 Å². The highest BCUT2D eigenvalue weighted by Crippen LogP contribution is 2.13. The molecule has 0 amide bonds. The molecule has 0 bridgehead atoms. The molecule has 1 heterocycles. The van der Waals surface area contributed by atoms with Crippen molar-refractivity contribution in [2.24, 2.45) is 0 Å². The molecule has 0 saturated carbocycles. The Morgan fingerprint density at radius 3 is 1.75 bits per heavy atom. The van der Waals surface area contributed by atoms with Gasteiger partial charge in [-0.2, -0.15) is 25.5 Å². The quantitative estimate of drug-likeness (QED) is 0.521. The molecule has 0 aromatic carbocycles. The number of rotatable bonds is 6. The maximum atomic E-state index is 9.05. The molecule has 0 fully saturated rings. The first kappa shape index (κ1) is 15.4. The van der Waals surface area contributed by atoms with Gasteiger partial charge in [0.15, 0.2) is 18.1 Å². The summed E-state index contributed by atoms with van der Waals surface area (Å²) in [5.41, 5.74) is 0. The zero-order valence-electron chi connectivity index (χ0n) is 12.0. The minimum atomic E-state index is -0.900. The van der Waals surface area contributed by atoms with E-state index in [1.165, 1.54) is 0 Å². The number of hydrogen-bond acceptors (Lipinski definition) is 8. The summed E-state index contributed by atoms with van der Waals surface area (Å²) in [7, 11) is 0. The van der Waals surface area contributed by atoms with Crippen molar-refractivity contribution in [3.8, 4) is 12.3 Å². The Morgan fingerprint density at radius 2 is 1.40 bits per heavy atom. The predicted octanol–water partition coefficient (Wildman–Crippen LogP) is 1.15. The molecular weight excluding hydrogens is 256 g/mol. The summed E-state index contributed by atoms with van der Waals surface area (Å²) in [6.45, 7) is 7.81. The molecular formula is C12H18N8. The summed E-state index contributed by atoms with van der Waals surface area (Å²) in [6, 6.07) is 1.32. The number of nitrogens with zero attached hydrogens (tertiary/aromatic N) is 5. The van der Waals surface area contributed by atoms with E-state index in [4.69, 9.17) is 10.5 Å². The van der Waals surface area contributed by atoms with Gasteiger partial charge in [-0.15, -0.1) is 0 Å². The van der Waals surface area contributed by atoms with Gasteiger partial charge in [-0.05, 0) is 27.7 Å². The lowest BCUT2D eigenvalue weighted by molar-refractivity contribution is 0.706. The van der Waals surface area contributed by atoms with Crippen molar-refractivity contribution in [1.82, 2.24) is 20.3 Å². The largest absolute Gasteiger partial charge is 0.352 e. The summed E-state index contributed by atoms with van der Waals surface area (Å²) >= 11 is 0. The van der Waals surface area contributed by atoms with Crippen molar-refractivity contribution in [2.45, 2.75) is 45.8 Å². The fourth-order valence-electron chi connectivity index (χ4n) is 1.39. The van der Waals surface area contributed by atoms with Gasteiger partial charge < -0.3 is 16.0 Å². The molecule has 106 valence electrons. The molecule has 3 N–H and O–H groups in total. The average Bonchev–Trinajstić information content (AvgIpc) is 2.33. The number of anilines is 2. The van der Waals surface area contributed by atoms with Crippen LogP contribution in [0.5, 0.6) is 0 Å². The molecule has 20 heavy (non-hydrogen) atoms. The lowest BCUT2D eigenvalue weighted by atomic mass is 10.3. The van der Waals surface area contributed by atoms with Crippen LogP contribution in [0.2, 0.25) is 0 Å². The van der Waals surface area contributed by atoms with Crippen LogP contribution in [0.15, 0.2) is 0 Å². The number of nitrogens with one attached hydrogen (secondary N) is 3. The van der Waals surface area contributed by atoms with Gasteiger partial charge in [-0.1, -0.05) is 0 Å². The van der Waals surface area contributed by atoms with Gasteiger partial charge in [-0.25, -0.2) is 0 Å². The molecule has 0 aliphatic heterocycles. The van der Waals surface area contributed by atoms with Crippen LogP contribution in [0.25, 0.3) is 0 Å². The first-order valence-electron chi connectivity index (χ1n) is 6.29. The van der Waals surface area contributed by atoms with Gasteiger partial charge in [-0.3, -0.25) is 0 Å². The second-order valence-corrected chi connectivity index (χ2v) is 4.76. The fourth-order valence-corrected chi connectivity index (χ4v) is 1.39. The third-order valence-electron chi connectivity index (χ3n) is 2.08. The fraction of sp³-hybridized carbons (Fsp3) is 0.583. The number of nitriles is 2. The third-order valence-corrected chi connectivity index (χ3v) is 2.08. The van der Waals surface area contributed by atoms with Crippen LogP contribution in [0, 0.1) is 22.8 Å². The zero-order valence-corrected chi connectivity index (χ0v) is 12.0. The lowest BCUT2D eigenvalue weighted by Crippen LogP contribution is -2.22. The van der Waals surface area contributed by atoms with E-state index in [0.717, 1.165) is 0 Å². The Morgan fingerprint density at radius 1 is 0.900 bits per heavy atom. The van der Waals surface area contributed by atoms with Gasteiger partial charge in [0, 0.05) is 12.1 Å². The van der Waals surface area contributed by atoms with Gasteiger partial charge in [0.1, 0.15) is 0 Å². The summed E-state index contributed by atoms with van der Waals surface area (Å²) in [4.78, 5) is 12.5. The van der Waals surface area contributed by atoms with Crippen LogP contribution in [0.4, 0.5) is 11.9 Å². The van der Waals surface area contributed by atoms with Crippen molar-refractivity contribution in [3.63, 3.8) is 0 Å². The van der Waals surface area contributed by atoms with Gasteiger partial charge in [0.2, 0.25) is 11.9 Å². The van der Waals surface area contributed by atoms with Crippen LogP contribution >= 0.6 is 0 Å². The van der Waals surface area contributed by atoms with E-state index in [0.29, 0.717) is 11.9 Å². The monoisotopic (exact) mass is 274 g/mol. The van der Waals surface area contributed by atoms with Crippen LogP contribution < -0.4 is 16.0 Å². The molecule has 1 atom stereocenters. The van der Waals surface area contributed by atoms with E-state index in [-0.39, 0.29) is 17.9 Å². The Labute approximate surface area is 118 Å². The maximum absolute atomic E-state index is 9.05. The molecule has 8 heteroatoms. The third kappa shape index (κ3) is 4.58. The van der Waals surface area contributed by atoms with Gasteiger partial charge in [0.05, 0.1) is 6.07 Å². The standard InChI is InChI=1S/C12H18N8/c1-7(2)16-11-18-10(9(5-13)15-6-14)19-12(20-11)17-8(3)4/h7-9,15H,1-4H3,(H2,16,17,18,19,20). The second kappa shape index (κ2) is 7.10. The predicted molar refractivity (Wildman–Crippen MR) is 74.4 cm³/mol. The maximum Gasteiger partial charge on any atom is 0.228 e. The topological polar surface area (TPSA) is 122 Å². The van der Waals surface area contributed by atoms with Crippen molar-refractivity contribution in [3.05, 3.63) is 5.82 Å².